The van der Waals surface area contributed by atoms with E-state index in [1.807, 2.05) is 56.4 Å². The largest absolute Gasteiger partial charge is 0.459 e. The lowest BCUT2D eigenvalue weighted by atomic mass is 10.1. The molecule has 1 N–H and O–H groups in total. The predicted molar refractivity (Wildman–Crippen MR) is 142 cm³/mol. The van der Waals surface area contributed by atoms with E-state index in [0.717, 1.165) is 16.9 Å². The van der Waals surface area contributed by atoms with E-state index in [2.05, 4.69) is 50.2 Å². The highest BCUT2D eigenvalue weighted by Gasteiger charge is 2.13. The van der Waals surface area contributed by atoms with Crippen LogP contribution in [0.2, 0.25) is 0 Å². The average molecular weight is 493 g/mol. The van der Waals surface area contributed by atoms with Crippen LogP contribution in [0.4, 0.5) is 0 Å². The first-order valence-electron chi connectivity index (χ1n) is 11.3. The van der Waals surface area contributed by atoms with Crippen molar-refractivity contribution in [3.63, 3.8) is 0 Å². The van der Waals surface area contributed by atoms with Crippen LogP contribution in [-0.2, 0) is 19.2 Å². The molecule has 3 rings (SSSR count). The summed E-state index contributed by atoms with van der Waals surface area (Å²) in [5.74, 6) is -1.50. The minimum absolute atomic E-state index is 0.0436. The molecule has 2 heterocycles. The van der Waals surface area contributed by atoms with Crippen LogP contribution < -0.4 is 5.32 Å². The summed E-state index contributed by atoms with van der Waals surface area (Å²) >= 11 is 0. The molecule has 1 amide bonds. The maximum absolute atomic E-state index is 11.4. The molecule has 10 heteroatoms. The Kier molecular flexibility index (Phi) is 13.8. The summed E-state index contributed by atoms with van der Waals surface area (Å²) in [4.78, 5) is 36.3. The minimum atomic E-state index is -0.937. The Morgan fingerprint density at radius 1 is 1.17 bits per heavy atom. The van der Waals surface area contributed by atoms with E-state index in [-0.39, 0.29) is 25.6 Å². The van der Waals surface area contributed by atoms with E-state index >= 15 is 0 Å². The fourth-order valence-corrected chi connectivity index (χ4v) is 2.55. The van der Waals surface area contributed by atoms with Crippen LogP contribution in [0.1, 0.15) is 26.3 Å². The second-order valence-electron chi connectivity index (χ2n) is 6.39. The Morgan fingerprint density at radius 3 is 2.56 bits per heavy atom. The molecule has 0 aliphatic rings. The van der Waals surface area contributed by atoms with Gasteiger partial charge in [0.05, 0.1) is 25.0 Å². The predicted octanol–water partition coefficient (Wildman–Crippen LogP) is 3.84. The summed E-state index contributed by atoms with van der Waals surface area (Å²) in [5.41, 5.74) is 3.03. The van der Waals surface area contributed by atoms with E-state index in [9.17, 15) is 9.59 Å². The number of fused-ring (bicyclic) bond motifs is 1. The van der Waals surface area contributed by atoms with Gasteiger partial charge >= 0.3 is 11.9 Å². The van der Waals surface area contributed by atoms with Gasteiger partial charge in [-0.3, -0.25) is 4.79 Å². The molecular weight excluding hydrogens is 460 g/mol. The summed E-state index contributed by atoms with van der Waals surface area (Å²) in [6, 6.07) is 11.1. The molecule has 0 radical (unpaired) electrons. The maximum Gasteiger partial charge on any atom is 0.396 e. The molecule has 0 atom stereocenters. The molecule has 0 fully saturated rings. The Bertz CT molecular complexity index is 1150. The van der Waals surface area contributed by atoms with Crippen molar-refractivity contribution < 1.29 is 19.2 Å². The van der Waals surface area contributed by atoms with E-state index in [1.165, 1.54) is 0 Å². The zero-order chi connectivity index (χ0) is 26.8. The van der Waals surface area contributed by atoms with Crippen LogP contribution in [0.3, 0.4) is 0 Å². The number of hydrogen-bond acceptors (Lipinski definition) is 7. The first-order chi connectivity index (χ1) is 17.5. The number of carbonyl (C=O) groups is 2. The summed E-state index contributed by atoms with van der Waals surface area (Å²) in [6.07, 6.45) is 6.79. The number of nitrogens with one attached hydrogen (secondary N) is 1. The van der Waals surface area contributed by atoms with Crippen molar-refractivity contribution in [1.82, 2.24) is 19.9 Å². The molecule has 1 aromatic carbocycles. The second kappa shape index (κ2) is 16.9. The van der Waals surface area contributed by atoms with Crippen LogP contribution in [0.5, 0.6) is 0 Å². The zero-order valence-corrected chi connectivity index (χ0v) is 20.9. The van der Waals surface area contributed by atoms with E-state index < -0.39 is 11.9 Å². The lowest BCUT2D eigenvalue weighted by Gasteiger charge is -2.05. The Labute approximate surface area is 211 Å². The van der Waals surface area contributed by atoms with Gasteiger partial charge in [0.1, 0.15) is 6.61 Å². The van der Waals surface area contributed by atoms with Crippen molar-refractivity contribution in [1.29, 1.82) is 0 Å². The highest BCUT2D eigenvalue weighted by molar-refractivity contribution is 6.32. The van der Waals surface area contributed by atoms with Gasteiger partial charge in [0, 0.05) is 17.3 Å². The van der Waals surface area contributed by atoms with Gasteiger partial charge in [-0.05, 0) is 31.8 Å². The molecule has 0 aliphatic heterocycles. The molecule has 0 spiro atoms. The number of allylic oxidation sites excluding steroid dienone is 2. The van der Waals surface area contributed by atoms with Crippen molar-refractivity contribution in [2.75, 3.05) is 19.8 Å². The van der Waals surface area contributed by atoms with Gasteiger partial charge in [-0.2, -0.15) is 5.10 Å². The van der Waals surface area contributed by atoms with Gasteiger partial charge in [-0.25, -0.2) is 19.3 Å². The summed E-state index contributed by atoms with van der Waals surface area (Å²) < 4.78 is 6.28. The second-order valence-corrected chi connectivity index (χ2v) is 6.39. The van der Waals surface area contributed by atoms with Crippen molar-refractivity contribution in [2.24, 2.45) is 10.1 Å². The fraction of sp³-hybridized carbons (Fsp3) is 0.231. The lowest BCUT2D eigenvalue weighted by molar-refractivity contribution is -0.154. The number of carbonyl (C=O) groups excluding carboxylic acids is 2. The number of imidazole rings is 1. The molecule has 190 valence electrons. The SMILES string of the molecule is C=CC=C.C=N/C(=N\OCCNC(=O)C(=O)OCC)c1cccc(-c2cn3ncccc3n2)c1.CC. The number of benzene rings is 1. The number of rotatable bonds is 8. The highest BCUT2D eigenvalue weighted by Crippen LogP contribution is 2.20. The summed E-state index contributed by atoms with van der Waals surface area (Å²) in [7, 11) is 0. The van der Waals surface area contributed by atoms with Gasteiger partial charge in [0.15, 0.2) is 11.5 Å². The standard InChI is InChI=1S/C20H20N6O4.C4H6.C2H6/c1-3-29-20(28)19(27)22-10-11-30-25-18(21-2)15-7-4-6-14(12-15)16-13-26-17(24-16)8-5-9-23-26;1-3-4-2;1-2/h4-9,12-13H,2-3,10-11H2,1H3,(H,22,27);3-4H,1-2H2;1-2H3/b25-18-;;. The third kappa shape index (κ3) is 9.34. The maximum atomic E-state index is 11.4. The molecule has 0 bridgehead atoms. The number of ether oxygens (including phenoxy) is 1. The van der Waals surface area contributed by atoms with E-state index in [4.69, 9.17) is 4.84 Å². The van der Waals surface area contributed by atoms with Crippen molar-refractivity contribution in [3.05, 3.63) is 79.7 Å². The van der Waals surface area contributed by atoms with Crippen LogP contribution in [-0.4, -0.2) is 58.8 Å². The topological polar surface area (TPSA) is 120 Å². The van der Waals surface area contributed by atoms with Crippen molar-refractivity contribution >= 4 is 30.1 Å². The smallest absolute Gasteiger partial charge is 0.396 e. The molecule has 10 nitrogen and oxygen atoms in total. The third-order valence-electron chi connectivity index (χ3n) is 4.06. The first kappa shape index (κ1) is 29.4. The molecule has 0 aliphatic carbocycles. The van der Waals surface area contributed by atoms with Crippen LogP contribution >= 0.6 is 0 Å². The molecular formula is C26H32N6O4. The van der Waals surface area contributed by atoms with E-state index in [1.54, 1.807) is 29.8 Å². The monoisotopic (exact) mass is 492 g/mol. The minimum Gasteiger partial charge on any atom is -0.459 e. The normalized spacial score (nSPS) is 10.0. The van der Waals surface area contributed by atoms with Crippen LogP contribution in [0.25, 0.3) is 16.9 Å². The Hall–Kier alpha value is -4.60. The van der Waals surface area contributed by atoms with E-state index in [0.29, 0.717) is 5.56 Å². The van der Waals surface area contributed by atoms with Gasteiger partial charge < -0.3 is 14.9 Å². The van der Waals surface area contributed by atoms with Crippen LogP contribution in [0, 0.1) is 0 Å². The number of hydrogen-bond donors (Lipinski definition) is 1. The number of aliphatic imine (C=N–C) groups is 1. The number of amides is 1. The zero-order valence-electron chi connectivity index (χ0n) is 20.9. The average Bonchev–Trinajstić information content (AvgIpc) is 3.36. The number of nitrogens with zero attached hydrogens (tertiary/aromatic N) is 5. The molecule has 0 unspecified atom stereocenters. The van der Waals surface area contributed by atoms with Crippen molar-refractivity contribution in [3.8, 4) is 11.3 Å². The number of esters is 1. The quantitative estimate of drug-likeness (QED) is 0.0970. The van der Waals surface area contributed by atoms with Crippen LogP contribution in [0.15, 0.2) is 84.2 Å². The number of amidine groups is 1. The number of oxime groups is 1. The molecule has 2 aromatic heterocycles. The third-order valence-corrected chi connectivity index (χ3v) is 4.06. The molecule has 0 saturated heterocycles. The summed E-state index contributed by atoms with van der Waals surface area (Å²) in [6.45, 7) is 16.1. The van der Waals surface area contributed by atoms with Crippen molar-refractivity contribution in [2.45, 2.75) is 20.8 Å². The number of aromatic nitrogens is 3. The molecule has 0 saturated carbocycles. The molecule has 3 aromatic rings. The van der Waals surface area contributed by atoms with Gasteiger partial charge in [-0.15, -0.1) is 0 Å². The van der Waals surface area contributed by atoms with Gasteiger partial charge in [-0.1, -0.05) is 62.5 Å². The first-order valence-corrected chi connectivity index (χ1v) is 11.3. The highest BCUT2D eigenvalue weighted by atomic mass is 16.6. The van der Waals surface area contributed by atoms with Gasteiger partial charge in [0.2, 0.25) is 0 Å². The Balaban J connectivity index is 0.000000982. The Morgan fingerprint density at radius 2 is 1.92 bits per heavy atom. The molecule has 36 heavy (non-hydrogen) atoms. The van der Waals surface area contributed by atoms with Gasteiger partial charge in [0.25, 0.3) is 0 Å². The lowest BCUT2D eigenvalue weighted by Crippen LogP contribution is -2.34. The summed E-state index contributed by atoms with van der Waals surface area (Å²) in [5, 5.41) is 10.5. The fourth-order valence-electron chi connectivity index (χ4n) is 2.55.